The van der Waals surface area contributed by atoms with E-state index in [2.05, 4.69) is 35.2 Å². The number of nitrogens with zero attached hydrogens (tertiary/aromatic N) is 2. The molecule has 3 rings (SSSR count). The standard InChI is InChI=1S/C16H21N3/c17-12-14-11-13-7-3-4-8-15(13)16(18-14)19-9-5-1-2-6-10-19/h3-4,7-8,11H,1-2,5-6,9-10,12,17H2. The van der Waals surface area contributed by atoms with Crippen LogP contribution in [0.1, 0.15) is 31.4 Å². The van der Waals surface area contributed by atoms with Gasteiger partial charge in [0.05, 0.1) is 5.69 Å². The zero-order valence-corrected chi connectivity index (χ0v) is 11.3. The van der Waals surface area contributed by atoms with Gasteiger partial charge >= 0.3 is 0 Å². The molecule has 1 fully saturated rings. The van der Waals surface area contributed by atoms with Crippen LogP contribution in [0, 0.1) is 0 Å². The molecule has 1 aromatic carbocycles. The summed E-state index contributed by atoms with van der Waals surface area (Å²) < 4.78 is 0. The molecule has 2 aromatic rings. The van der Waals surface area contributed by atoms with Crippen molar-refractivity contribution in [3.8, 4) is 0 Å². The highest BCUT2D eigenvalue weighted by molar-refractivity contribution is 5.92. The number of hydrogen-bond acceptors (Lipinski definition) is 3. The van der Waals surface area contributed by atoms with Crippen molar-refractivity contribution in [2.45, 2.75) is 32.2 Å². The second-order valence-corrected chi connectivity index (χ2v) is 5.26. The smallest absolute Gasteiger partial charge is 0.136 e. The van der Waals surface area contributed by atoms with Gasteiger partial charge in [-0.05, 0) is 24.3 Å². The summed E-state index contributed by atoms with van der Waals surface area (Å²) in [4.78, 5) is 7.22. The van der Waals surface area contributed by atoms with Crippen LogP contribution in [0.25, 0.3) is 10.8 Å². The van der Waals surface area contributed by atoms with Gasteiger partial charge in [-0.25, -0.2) is 4.98 Å². The zero-order valence-electron chi connectivity index (χ0n) is 11.3. The summed E-state index contributed by atoms with van der Waals surface area (Å²) in [6, 6.07) is 10.6. The van der Waals surface area contributed by atoms with Crippen LogP contribution in [0.15, 0.2) is 30.3 Å². The average molecular weight is 255 g/mol. The molecular formula is C16H21N3. The Hall–Kier alpha value is -1.61. The molecule has 0 saturated carbocycles. The van der Waals surface area contributed by atoms with Crippen LogP contribution in [0.2, 0.25) is 0 Å². The minimum atomic E-state index is 0.506. The van der Waals surface area contributed by atoms with Crippen LogP contribution in [-0.4, -0.2) is 18.1 Å². The van der Waals surface area contributed by atoms with E-state index in [1.807, 2.05) is 0 Å². The van der Waals surface area contributed by atoms with Gasteiger partial charge in [0.25, 0.3) is 0 Å². The third-order valence-electron chi connectivity index (χ3n) is 3.89. The Morgan fingerprint density at radius 3 is 2.53 bits per heavy atom. The minimum absolute atomic E-state index is 0.506. The monoisotopic (exact) mass is 255 g/mol. The zero-order chi connectivity index (χ0) is 13.1. The Morgan fingerprint density at radius 2 is 1.79 bits per heavy atom. The molecule has 0 unspecified atom stereocenters. The molecule has 0 bridgehead atoms. The third-order valence-corrected chi connectivity index (χ3v) is 3.89. The minimum Gasteiger partial charge on any atom is -0.356 e. The Morgan fingerprint density at radius 1 is 1.05 bits per heavy atom. The highest BCUT2D eigenvalue weighted by Gasteiger charge is 2.14. The lowest BCUT2D eigenvalue weighted by Crippen LogP contribution is -2.25. The summed E-state index contributed by atoms with van der Waals surface area (Å²) >= 11 is 0. The van der Waals surface area contributed by atoms with Crippen molar-refractivity contribution in [2.75, 3.05) is 18.0 Å². The number of pyridine rings is 1. The van der Waals surface area contributed by atoms with E-state index in [0.717, 1.165) is 24.6 Å². The van der Waals surface area contributed by atoms with Crippen molar-refractivity contribution in [2.24, 2.45) is 5.73 Å². The molecule has 100 valence electrons. The van der Waals surface area contributed by atoms with Crippen molar-refractivity contribution in [3.63, 3.8) is 0 Å². The van der Waals surface area contributed by atoms with Crippen molar-refractivity contribution < 1.29 is 0 Å². The van der Waals surface area contributed by atoms with Crippen molar-refractivity contribution >= 4 is 16.6 Å². The lowest BCUT2D eigenvalue weighted by atomic mass is 10.1. The number of fused-ring (bicyclic) bond motifs is 1. The van der Waals surface area contributed by atoms with Gasteiger partial charge in [-0.3, -0.25) is 0 Å². The predicted octanol–water partition coefficient (Wildman–Crippen LogP) is 3.07. The van der Waals surface area contributed by atoms with E-state index in [-0.39, 0.29) is 0 Å². The number of nitrogens with two attached hydrogens (primary N) is 1. The first-order chi connectivity index (χ1) is 9.38. The summed E-state index contributed by atoms with van der Waals surface area (Å²) in [5.74, 6) is 1.13. The second kappa shape index (κ2) is 5.57. The van der Waals surface area contributed by atoms with Gasteiger partial charge in [-0.15, -0.1) is 0 Å². The average Bonchev–Trinajstić information content (AvgIpc) is 2.75. The number of anilines is 1. The van der Waals surface area contributed by atoms with E-state index in [1.165, 1.54) is 36.5 Å². The maximum absolute atomic E-state index is 5.79. The second-order valence-electron chi connectivity index (χ2n) is 5.26. The molecule has 0 radical (unpaired) electrons. The summed E-state index contributed by atoms with van der Waals surface area (Å²) in [7, 11) is 0. The van der Waals surface area contributed by atoms with Gasteiger partial charge in [0, 0.05) is 25.0 Å². The molecule has 1 aromatic heterocycles. The first kappa shape index (κ1) is 12.4. The molecule has 1 aliphatic rings. The highest BCUT2D eigenvalue weighted by atomic mass is 15.2. The fourth-order valence-corrected chi connectivity index (χ4v) is 2.86. The molecular weight excluding hydrogens is 234 g/mol. The maximum atomic E-state index is 5.79. The Labute approximate surface area is 114 Å². The number of rotatable bonds is 2. The molecule has 1 aliphatic heterocycles. The van der Waals surface area contributed by atoms with Crippen LogP contribution in [0.5, 0.6) is 0 Å². The molecule has 1 saturated heterocycles. The number of benzene rings is 1. The lowest BCUT2D eigenvalue weighted by molar-refractivity contribution is 0.726. The normalized spacial score (nSPS) is 16.6. The molecule has 3 nitrogen and oxygen atoms in total. The quantitative estimate of drug-likeness (QED) is 0.896. The van der Waals surface area contributed by atoms with Gasteiger partial charge in [-0.2, -0.15) is 0 Å². The van der Waals surface area contributed by atoms with Gasteiger partial charge in [-0.1, -0.05) is 37.1 Å². The fourth-order valence-electron chi connectivity index (χ4n) is 2.86. The SMILES string of the molecule is NCc1cc2ccccc2c(N2CCCCCC2)n1. The van der Waals surface area contributed by atoms with Crippen LogP contribution >= 0.6 is 0 Å². The van der Waals surface area contributed by atoms with Crippen LogP contribution in [-0.2, 0) is 6.54 Å². The summed E-state index contributed by atoms with van der Waals surface area (Å²) in [6.07, 6.45) is 5.21. The molecule has 0 atom stereocenters. The predicted molar refractivity (Wildman–Crippen MR) is 80.3 cm³/mol. The van der Waals surface area contributed by atoms with E-state index >= 15 is 0 Å². The molecule has 0 aliphatic carbocycles. The third kappa shape index (κ3) is 2.56. The Balaban J connectivity index is 2.09. The first-order valence-corrected chi connectivity index (χ1v) is 7.22. The molecule has 19 heavy (non-hydrogen) atoms. The van der Waals surface area contributed by atoms with Gasteiger partial charge in [0.2, 0.25) is 0 Å². The van der Waals surface area contributed by atoms with Crippen LogP contribution in [0.4, 0.5) is 5.82 Å². The van der Waals surface area contributed by atoms with E-state index in [9.17, 15) is 0 Å². The Kier molecular flexibility index (Phi) is 3.65. The first-order valence-electron chi connectivity index (χ1n) is 7.22. The molecule has 2 N–H and O–H groups in total. The van der Waals surface area contributed by atoms with E-state index < -0.39 is 0 Å². The fraction of sp³-hybridized carbons (Fsp3) is 0.438. The summed E-state index contributed by atoms with van der Waals surface area (Å²) in [5, 5.41) is 2.50. The molecule has 3 heteroatoms. The van der Waals surface area contributed by atoms with Crippen LogP contribution < -0.4 is 10.6 Å². The van der Waals surface area contributed by atoms with Gasteiger partial charge in [0.15, 0.2) is 0 Å². The number of aromatic nitrogens is 1. The van der Waals surface area contributed by atoms with Crippen molar-refractivity contribution in [1.29, 1.82) is 0 Å². The maximum Gasteiger partial charge on any atom is 0.136 e. The Bertz CT molecular complexity index is 557. The molecule has 2 heterocycles. The lowest BCUT2D eigenvalue weighted by Gasteiger charge is -2.23. The summed E-state index contributed by atoms with van der Waals surface area (Å²) in [5.41, 5.74) is 6.77. The van der Waals surface area contributed by atoms with Crippen LogP contribution in [0.3, 0.4) is 0 Å². The topological polar surface area (TPSA) is 42.1 Å². The van der Waals surface area contributed by atoms with Gasteiger partial charge < -0.3 is 10.6 Å². The largest absolute Gasteiger partial charge is 0.356 e. The van der Waals surface area contributed by atoms with E-state index in [0.29, 0.717) is 6.54 Å². The van der Waals surface area contributed by atoms with Gasteiger partial charge in [0.1, 0.15) is 5.82 Å². The van der Waals surface area contributed by atoms with E-state index in [1.54, 1.807) is 0 Å². The van der Waals surface area contributed by atoms with E-state index in [4.69, 9.17) is 10.7 Å². The van der Waals surface area contributed by atoms with Crippen molar-refractivity contribution in [1.82, 2.24) is 4.98 Å². The number of hydrogen-bond donors (Lipinski definition) is 1. The highest BCUT2D eigenvalue weighted by Crippen LogP contribution is 2.27. The summed E-state index contributed by atoms with van der Waals surface area (Å²) in [6.45, 7) is 2.74. The molecule has 0 spiro atoms. The van der Waals surface area contributed by atoms with Crippen molar-refractivity contribution in [3.05, 3.63) is 36.0 Å². The molecule has 0 amide bonds.